The van der Waals surface area contributed by atoms with Gasteiger partial charge in [0.2, 0.25) is 0 Å². The van der Waals surface area contributed by atoms with Crippen LogP contribution in [0.2, 0.25) is 12.6 Å². The van der Waals surface area contributed by atoms with Gasteiger partial charge in [-0.3, -0.25) is 0 Å². The van der Waals surface area contributed by atoms with Crippen LogP contribution in [0.15, 0.2) is 0 Å². The summed E-state index contributed by atoms with van der Waals surface area (Å²) in [4.78, 5) is 0. The van der Waals surface area contributed by atoms with Crippen LogP contribution in [0.25, 0.3) is 0 Å². The molecule has 0 aliphatic carbocycles. The average Bonchev–Trinajstić information content (AvgIpc) is 2.23. The largest absolute Gasteiger partial charge is 0.112 e. The molecule has 0 rings (SSSR count). The smallest absolute Gasteiger partial charge is 0.103 e. The minimum absolute atomic E-state index is 0.497. The molecule has 0 aliphatic heterocycles. The van der Waals surface area contributed by atoms with Crippen molar-refractivity contribution in [2.24, 2.45) is 11.8 Å². The van der Waals surface area contributed by atoms with Crippen LogP contribution in [0.4, 0.5) is 0 Å². The highest BCUT2D eigenvalue weighted by Gasteiger charge is 2.02. The van der Waals surface area contributed by atoms with Crippen LogP contribution in [0.1, 0.15) is 40.5 Å². The van der Waals surface area contributed by atoms with Gasteiger partial charge in [0.05, 0.1) is 0 Å². The molecule has 0 saturated heterocycles. The van der Waals surface area contributed by atoms with Crippen LogP contribution < -0.4 is 0 Å². The summed E-state index contributed by atoms with van der Waals surface area (Å²) in [5.41, 5.74) is 0. The molecule has 0 fully saturated rings. The fraction of sp³-hybridized carbons (Fsp3) is 0.714. The fourth-order valence-corrected chi connectivity index (χ4v) is 1.27. The Morgan fingerprint density at radius 3 is 1.60 bits per heavy atom. The molecule has 2 atom stereocenters. The Morgan fingerprint density at radius 2 is 1.27 bits per heavy atom. The summed E-state index contributed by atoms with van der Waals surface area (Å²) < 4.78 is 0. The first kappa shape index (κ1) is 14.2. The molecule has 0 aromatic carbocycles. The second kappa shape index (κ2) is 9.73. The minimum Gasteiger partial charge on any atom is -0.103 e. The summed E-state index contributed by atoms with van der Waals surface area (Å²) in [6, 6.07) is 0. The molecule has 0 heterocycles. The van der Waals surface area contributed by atoms with E-state index in [1.54, 1.807) is 0 Å². The first-order chi connectivity index (χ1) is 7.20. The van der Waals surface area contributed by atoms with Crippen LogP contribution in [0.3, 0.4) is 0 Å². The topological polar surface area (TPSA) is 0 Å². The van der Waals surface area contributed by atoms with Crippen LogP contribution in [-0.2, 0) is 0 Å². The second-order valence-corrected chi connectivity index (χ2v) is 3.91. The lowest BCUT2D eigenvalue weighted by Crippen LogP contribution is -2.01. The van der Waals surface area contributed by atoms with Gasteiger partial charge in [0.1, 0.15) is 7.28 Å². The van der Waals surface area contributed by atoms with Gasteiger partial charge in [-0.05, 0) is 0 Å². The first-order valence-electron chi connectivity index (χ1n) is 5.99. The van der Waals surface area contributed by atoms with E-state index in [9.17, 15) is 0 Å². The van der Waals surface area contributed by atoms with Crippen molar-refractivity contribution in [3.63, 3.8) is 0 Å². The van der Waals surface area contributed by atoms with Crippen molar-refractivity contribution in [3.05, 3.63) is 0 Å². The summed E-state index contributed by atoms with van der Waals surface area (Å²) in [5.74, 6) is 13.7. The Kier molecular flexibility index (Phi) is 9.20. The van der Waals surface area contributed by atoms with Crippen molar-refractivity contribution in [2.75, 3.05) is 0 Å². The Bertz CT molecular complexity index is 231. The summed E-state index contributed by atoms with van der Waals surface area (Å²) >= 11 is 0. The van der Waals surface area contributed by atoms with Gasteiger partial charge < -0.3 is 0 Å². The third-order valence-corrected chi connectivity index (χ3v) is 2.09. The van der Waals surface area contributed by atoms with Crippen LogP contribution in [0, 0.1) is 35.5 Å². The number of hydrogen-bond acceptors (Lipinski definition) is 0. The molecule has 0 nitrogen and oxygen atoms in total. The molecule has 0 saturated carbocycles. The molecule has 15 heavy (non-hydrogen) atoms. The second-order valence-electron chi connectivity index (χ2n) is 3.91. The maximum atomic E-state index is 3.23. The van der Waals surface area contributed by atoms with E-state index < -0.39 is 0 Å². The Morgan fingerprint density at radius 1 is 0.867 bits per heavy atom. The van der Waals surface area contributed by atoms with Crippen LogP contribution in [0.5, 0.6) is 0 Å². The number of rotatable bonds is 4. The van der Waals surface area contributed by atoms with E-state index in [-0.39, 0.29) is 0 Å². The third-order valence-electron chi connectivity index (χ3n) is 2.09. The quantitative estimate of drug-likeness (QED) is 0.481. The highest BCUT2D eigenvalue weighted by atomic mass is 13.9. The lowest BCUT2D eigenvalue weighted by Gasteiger charge is -2.04. The molecule has 0 amide bonds. The van der Waals surface area contributed by atoms with Crippen LogP contribution >= 0.6 is 0 Å². The average molecular weight is 201 g/mol. The van der Waals surface area contributed by atoms with Gasteiger partial charge in [0, 0.05) is 24.7 Å². The lowest BCUT2D eigenvalue weighted by atomic mass is 9.64. The zero-order chi connectivity index (χ0) is 11.5. The molecule has 81 valence electrons. The van der Waals surface area contributed by atoms with Crippen molar-refractivity contribution in [3.8, 4) is 23.7 Å². The monoisotopic (exact) mass is 201 g/mol. The molecular weight excluding hydrogens is 179 g/mol. The predicted molar refractivity (Wildman–Crippen MR) is 69.8 cm³/mol. The SMILES string of the molecule is CCC#CC(C)C[B]CC(C)C#CCC. The minimum atomic E-state index is 0.497. The molecular formula is C14H22B. The van der Waals surface area contributed by atoms with Crippen molar-refractivity contribution in [1.82, 2.24) is 0 Å². The fourth-order valence-electron chi connectivity index (χ4n) is 1.27. The van der Waals surface area contributed by atoms with Gasteiger partial charge in [-0.25, -0.2) is 0 Å². The highest BCUT2D eigenvalue weighted by molar-refractivity contribution is 6.35. The predicted octanol–water partition coefficient (Wildman–Crippen LogP) is 3.63. The molecule has 0 N–H and O–H groups in total. The van der Waals surface area contributed by atoms with Crippen molar-refractivity contribution >= 4 is 7.28 Å². The van der Waals surface area contributed by atoms with E-state index in [2.05, 4.69) is 58.7 Å². The van der Waals surface area contributed by atoms with E-state index in [0.717, 1.165) is 25.5 Å². The van der Waals surface area contributed by atoms with Gasteiger partial charge in [0.25, 0.3) is 0 Å². The van der Waals surface area contributed by atoms with Gasteiger partial charge in [0.15, 0.2) is 0 Å². The molecule has 1 radical (unpaired) electrons. The zero-order valence-corrected chi connectivity index (χ0v) is 10.6. The maximum Gasteiger partial charge on any atom is 0.112 e. The van der Waals surface area contributed by atoms with Crippen molar-refractivity contribution < 1.29 is 0 Å². The summed E-state index contributed by atoms with van der Waals surface area (Å²) in [5, 5.41) is 0. The van der Waals surface area contributed by atoms with E-state index in [1.165, 1.54) is 0 Å². The summed E-state index contributed by atoms with van der Waals surface area (Å²) in [7, 11) is 2.32. The lowest BCUT2D eigenvalue weighted by molar-refractivity contribution is 0.818. The summed E-state index contributed by atoms with van der Waals surface area (Å²) in [6.45, 7) is 8.54. The van der Waals surface area contributed by atoms with Gasteiger partial charge in [-0.2, -0.15) is 0 Å². The zero-order valence-electron chi connectivity index (χ0n) is 10.6. The molecule has 0 aromatic rings. The molecule has 0 spiro atoms. The van der Waals surface area contributed by atoms with E-state index >= 15 is 0 Å². The molecule has 1 heteroatoms. The highest BCUT2D eigenvalue weighted by Crippen LogP contribution is 2.06. The Hall–Kier alpha value is -0.815. The van der Waals surface area contributed by atoms with E-state index in [4.69, 9.17) is 0 Å². The molecule has 0 aliphatic rings. The van der Waals surface area contributed by atoms with Gasteiger partial charge in [-0.15, -0.1) is 23.7 Å². The van der Waals surface area contributed by atoms with Crippen molar-refractivity contribution in [2.45, 2.75) is 53.2 Å². The van der Waals surface area contributed by atoms with E-state index in [1.807, 2.05) is 0 Å². The molecule has 0 aromatic heterocycles. The first-order valence-corrected chi connectivity index (χ1v) is 5.99. The number of hydrogen-bond donors (Lipinski definition) is 0. The third kappa shape index (κ3) is 9.49. The Balaban J connectivity index is 3.60. The summed E-state index contributed by atoms with van der Waals surface area (Å²) in [6.07, 6.45) is 4.10. The normalized spacial score (nSPS) is 12.8. The van der Waals surface area contributed by atoms with Crippen LogP contribution in [-0.4, -0.2) is 7.28 Å². The standard InChI is InChI=1S/C14H22B/c1-5-7-9-13(3)11-15-12-14(4)10-8-6-2/h13-14H,5-6,11-12H2,1-4H3. The van der Waals surface area contributed by atoms with Gasteiger partial charge >= 0.3 is 0 Å². The van der Waals surface area contributed by atoms with Gasteiger partial charge in [-0.1, -0.05) is 40.3 Å². The maximum absolute atomic E-state index is 3.23. The molecule has 2 unspecified atom stereocenters. The Labute approximate surface area is 96.5 Å². The van der Waals surface area contributed by atoms with Crippen molar-refractivity contribution in [1.29, 1.82) is 0 Å². The van der Waals surface area contributed by atoms with E-state index in [0.29, 0.717) is 11.8 Å². The molecule has 0 bridgehead atoms.